The molecule has 0 aliphatic carbocycles. The van der Waals surface area contributed by atoms with E-state index in [4.69, 9.17) is 11.6 Å². The summed E-state index contributed by atoms with van der Waals surface area (Å²) >= 11 is 5.74. The Bertz CT molecular complexity index is 850. The highest BCUT2D eigenvalue weighted by molar-refractivity contribution is 6.29. The largest absolute Gasteiger partial charge is 0.324 e. The minimum Gasteiger partial charge on any atom is -0.324 e. The van der Waals surface area contributed by atoms with E-state index in [1.54, 1.807) is 18.5 Å². The first-order valence-electron chi connectivity index (χ1n) is 7.26. The molecule has 0 saturated carbocycles. The second-order valence-electron chi connectivity index (χ2n) is 5.21. The molecule has 0 atom stereocenters. The molecular weight excluding hydrogens is 326 g/mol. The maximum absolute atomic E-state index is 12.1. The second-order valence-corrected chi connectivity index (χ2v) is 5.60. The van der Waals surface area contributed by atoms with Crippen LogP contribution in [-0.2, 0) is 11.2 Å². The standard InChI is InChI=1S/C17H14ClN5O/c1-11-19-8-14(9-20-11)13-4-2-12(3-5-13)6-17(24)22-15-7-16(18)23-21-10-15/h2-5,7-10H,6H2,1H3,(H,22,23,24). The zero-order valence-electron chi connectivity index (χ0n) is 12.9. The molecule has 1 aromatic carbocycles. The van der Waals surface area contributed by atoms with Crippen LogP contribution in [0, 0.1) is 6.92 Å². The van der Waals surface area contributed by atoms with E-state index >= 15 is 0 Å². The van der Waals surface area contributed by atoms with Crippen LogP contribution >= 0.6 is 11.6 Å². The number of nitrogens with one attached hydrogen (secondary N) is 1. The van der Waals surface area contributed by atoms with Gasteiger partial charge in [-0.05, 0) is 18.1 Å². The molecule has 0 aliphatic heterocycles. The van der Waals surface area contributed by atoms with Crippen LogP contribution in [0.1, 0.15) is 11.4 Å². The molecule has 1 amide bonds. The van der Waals surface area contributed by atoms with Gasteiger partial charge in [0, 0.05) is 24.0 Å². The van der Waals surface area contributed by atoms with Crippen LogP contribution in [0.25, 0.3) is 11.1 Å². The highest BCUT2D eigenvalue weighted by Gasteiger charge is 2.06. The van der Waals surface area contributed by atoms with Crippen molar-refractivity contribution in [2.45, 2.75) is 13.3 Å². The fourth-order valence-corrected chi connectivity index (χ4v) is 2.32. The lowest BCUT2D eigenvalue weighted by atomic mass is 10.0. The molecular formula is C17H14ClN5O. The summed E-state index contributed by atoms with van der Waals surface area (Å²) in [5.74, 6) is 0.586. The molecule has 24 heavy (non-hydrogen) atoms. The third-order valence-corrected chi connectivity index (χ3v) is 3.53. The van der Waals surface area contributed by atoms with E-state index in [-0.39, 0.29) is 17.5 Å². The van der Waals surface area contributed by atoms with Crippen molar-refractivity contribution in [1.82, 2.24) is 20.2 Å². The Hall–Kier alpha value is -2.86. The molecule has 2 aromatic heterocycles. The Morgan fingerprint density at radius 2 is 1.79 bits per heavy atom. The van der Waals surface area contributed by atoms with Gasteiger partial charge in [-0.15, -0.1) is 5.10 Å². The number of nitrogens with zero attached hydrogens (tertiary/aromatic N) is 4. The predicted molar refractivity (Wildman–Crippen MR) is 91.6 cm³/mol. The molecule has 1 N–H and O–H groups in total. The summed E-state index contributed by atoms with van der Waals surface area (Å²) in [6.45, 7) is 1.84. The van der Waals surface area contributed by atoms with E-state index in [2.05, 4.69) is 25.5 Å². The van der Waals surface area contributed by atoms with Crippen molar-refractivity contribution in [1.29, 1.82) is 0 Å². The van der Waals surface area contributed by atoms with Gasteiger partial charge in [-0.25, -0.2) is 9.97 Å². The molecule has 0 radical (unpaired) electrons. The lowest BCUT2D eigenvalue weighted by Gasteiger charge is -2.06. The highest BCUT2D eigenvalue weighted by atomic mass is 35.5. The van der Waals surface area contributed by atoms with Crippen LogP contribution in [0.5, 0.6) is 0 Å². The average Bonchev–Trinajstić information content (AvgIpc) is 2.56. The molecule has 0 unspecified atom stereocenters. The first-order chi connectivity index (χ1) is 11.6. The number of benzene rings is 1. The lowest BCUT2D eigenvalue weighted by Crippen LogP contribution is -2.14. The number of aryl methyl sites for hydroxylation is 1. The Balaban J connectivity index is 1.65. The van der Waals surface area contributed by atoms with Gasteiger partial charge in [0.1, 0.15) is 5.82 Å². The molecule has 6 nitrogen and oxygen atoms in total. The average molecular weight is 340 g/mol. The normalized spacial score (nSPS) is 10.4. The Labute approximate surface area is 144 Å². The first kappa shape index (κ1) is 16.0. The van der Waals surface area contributed by atoms with Gasteiger partial charge in [-0.3, -0.25) is 4.79 Å². The number of rotatable bonds is 4. The SMILES string of the molecule is Cc1ncc(-c2ccc(CC(=O)Nc3cnnc(Cl)c3)cc2)cn1. The topological polar surface area (TPSA) is 80.7 Å². The zero-order chi connectivity index (χ0) is 16.9. The monoisotopic (exact) mass is 339 g/mol. The van der Waals surface area contributed by atoms with Crippen LogP contribution in [-0.4, -0.2) is 26.1 Å². The zero-order valence-corrected chi connectivity index (χ0v) is 13.7. The van der Waals surface area contributed by atoms with Crippen molar-refractivity contribution in [2.75, 3.05) is 5.32 Å². The quantitative estimate of drug-likeness (QED) is 0.790. The number of hydrogen-bond donors (Lipinski definition) is 1. The number of aromatic nitrogens is 4. The third-order valence-electron chi connectivity index (χ3n) is 3.34. The molecule has 0 bridgehead atoms. The maximum Gasteiger partial charge on any atom is 0.228 e. The highest BCUT2D eigenvalue weighted by Crippen LogP contribution is 2.18. The van der Waals surface area contributed by atoms with Crippen LogP contribution in [0.15, 0.2) is 48.9 Å². The van der Waals surface area contributed by atoms with Gasteiger partial charge in [0.15, 0.2) is 5.15 Å². The van der Waals surface area contributed by atoms with Crippen LogP contribution in [0.2, 0.25) is 5.15 Å². The summed E-state index contributed by atoms with van der Waals surface area (Å²) in [6.07, 6.45) is 5.27. The van der Waals surface area contributed by atoms with Crippen LogP contribution < -0.4 is 5.32 Å². The van der Waals surface area contributed by atoms with Gasteiger partial charge in [0.2, 0.25) is 5.91 Å². The van der Waals surface area contributed by atoms with Gasteiger partial charge in [-0.1, -0.05) is 35.9 Å². The van der Waals surface area contributed by atoms with Gasteiger partial charge in [0.05, 0.1) is 18.3 Å². The molecule has 7 heteroatoms. The van der Waals surface area contributed by atoms with Crippen molar-refractivity contribution < 1.29 is 4.79 Å². The van der Waals surface area contributed by atoms with Gasteiger partial charge >= 0.3 is 0 Å². The summed E-state index contributed by atoms with van der Waals surface area (Å²) in [6, 6.07) is 9.26. The fourth-order valence-electron chi connectivity index (χ4n) is 2.16. The minimum atomic E-state index is -0.148. The second kappa shape index (κ2) is 7.14. The summed E-state index contributed by atoms with van der Waals surface area (Å²) < 4.78 is 0. The molecule has 3 aromatic rings. The van der Waals surface area contributed by atoms with E-state index in [0.29, 0.717) is 5.69 Å². The predicted octanol–water partition coefficient (Wildman–Crippen LogP) is 3.08. The Kier molecular flexibility index (Phi) is 4.77. The molecule has 120 valence electrons. The minimum absolute atomic E-state index is 0.148. The molecule has 0 spiro atoms. The Morgan fingerprint density at radius 1 is 1.08 bits per heavy atom. The number of carbonyl (C=O) groups is 1. The molecule has 2 heterocycles. The number of amides is 1. The Morgan fingerprint density at radius 3 is 2.46 bits per heavy atom. The smallest absolute Gasteiger partial charge is 0.228 e. The van der Waals surface area contributed by atoms with Crippen molar-refractivity contribution in [3.05, 3.63) is 65.5 Å². The third kappa shape index (κ3) is 4.11. The van der Waals surface area contributed by atoms with Crippen molar-refractivity contribution in [2.24, 2.45) is 0 Å². The van der Waals surface area contributed by atoms with Crippen molar-refractivity contribution in [3.63, 3.8) is 0 Å². The van der Waals surface area contributed by atoms with Crippen molar-refractivity contribution in [3.8, 4) is 11.1 Å². The van der Waals surface area contributed by atoms with Crippen LogP contribution in [0.3, 0.4) is 0 Å². The fraction of sp³-hybridized carbons (Fsp3) is 0.118. The number of anilines is 1. The number of halogens is 1. The summed E-state index contributed by atoms with van der Waals surface area (Å²) in [4.78, 5) is 20.4. The van der Waals surface area contributed by atoms with E-state index in [1.165, 1.54) is 6.20 Å². The summed E-state index contributed by atoms with van der Waals surface area (Å²) in [7, 11) is 0. The number of carbonyl (C=O) groups excluding carboxylic acids is 1. The lowest BCUT2D eigenvalue weighted by molar-refractivity contribution is -0.115. The van der Waals surface area contributed by atoms with E-state index in [1.807, 2.05) is 31.2 Å². The first-order valence-corrected chi connectivity index (χ1v) is 7.64. The molecule has 0 aliphatic rings. The molecule has 0 saturated heterocycles. The molecule has 3 rings (SSSR count). The van der Waals surface area contributed by atoms with Gasteiger partial charge < -0.3 is 5.32 Å². The summed E-state index contributed by atoms with van der Waals surface area (Å²) in [5, 5.41) is 10.3. The van der Waals surface area contributed by atoms with Crippen LogP contribution in [0.4, 0.5) is 5.69 Å². The van der Waals surface area contributed by atoms with Crippen molar-refractivity contribution >= 4 is 23.2 Å². The number of hydrogen-bond acceptors (Lipinski definition) is 5. The van der Waals surface area contributed by atoms with E-state index < -0.39 is 0 Å². The van der Waals surface area contributed by atoms with Gasteiger partial charge in [-0.2, -0.15) is 5.10 Å². The summed E-state index contributed by atoms with van der Waals surface area (Å²) in [5.41, 5.74) is 3.36. The maximum atomic E-state index is 12.1. The molecule has 0 fully saturated rings. The van der Waals surface area contributed by atoms with E-state index in [0.717, 1.165) is 22.5 Å². The van der Waals surface area contributed by atoms with E-state index in [9.17, 15) is 4.79 Å². The van der Waals surface area contributed by atoms with Gasteiger partial charge in [0.25, 0.3) is 0 Å².